The highest BCUT2D eigenvalue weighted by atomic mass is 16.5. The van der Waals surface area contributed by atoms with Gasteiger partial charge in [0.2, 0.25) is 0 Å². The molecule has 0 spiro atoms. The lowest BCUT2D eigenvalue weighted by Crippen LogP contribution is -2.36. The standard InChI is InChI=1S/C16H19N3O/c1-12-11-14(15-5-3-13(2)17-18-15)4-6-16(12)19-7-9-20-10-8-19/h3-6,11,17H,2,7-10H2,1H3. The number of nitrogens with zero attached hydrogens (tertiary/aromatic N) is 2. The quantitative estimate of drug-likeness (QED) is 0.894. The molecule has 2 heterocycles. The fourth-order valence-electron chi connectivity index (χ4n) is 2.52. The van der Waals surface area contributed by atoms with Gasteiger partial charge in [0.25, 0.3) is 0 Å². The van der Waals surface area contributed by atoms with E-state index in [1.165, 1.54) is 11.3 Å². The molecule has 2 aliphatic heterocycles. The Labute approximate surface area is 119 Å². The molecular formula is C16H19N3O. The third kappa shape index (κ3) is 2.60. The van der Waals surface area contributed by atoms with Gasteiger partial charge in [-0.25, -0.2) is 0 Å². The van der Waals surface area contributed by atoms with Crippen LogP contribution in [-0.2, 0) is 4.74 Å². The molecule has 1 aromatic rings. The topological polar surface area (TPSA) is 36.9 Å². The molecule has 1 saturated heterocycles. The van der Waals surface area contributed by atoms with Gasteiger partial charge in [-0.15, -0.1) is 0 Å². The highest BCUT2D eigenvalue weighted by Gasteiger charge is 2.14. The lowest BCUT2D eigenvalue weighted by atomic mass is 10.0. The van der Waals surface area contributed by atoms with E-state index in [1.807, 2.05) is 12.2 Å². The molecule has 0 aliphatic carbocycles. The van der Waals surface area contributed by atoms with Crippen molar-refractivity contribution in [1.82, 2.24) is 5.43 Å². The van der Waals surface area contributed by atoms with Gasteiger partial charge in [0.1, 0.15) is 0 Å². The van der Waals surface area contributed by atoms with Crippen molar-refractivity contribution in [2.24, 2.45) is 5.10 Å². The molecule has 20 heavy (non-hydrogen) atoms. The SMILES string of the molecule is C=C1C=CC(c2ccc(N3CCOCC3)c(C)c2)=NN1. The Balaban J connectivity index is 1.84. The summed E-state index contributed by atoms with van der Waals surface area (Å²) in [5.74, 6) is 0. The Morgan fingerprint density at radius 3 is 2.70 bits per heavy atom. The van der Waals surface area contributed by atoms with Gasteiger partial charge in [0, 0.05) is 30.0 Å². The minimum Gasteiger partial charge on any atom is -0.378 e. The number of morpholine rings is 1. The first kappa shape index (κ1) is 12.9. The summed E-state index contributed by atoms with van der Waals surface area (Å²) in [7, 11) is 0. The summed E-state index contributed by atoms with van der Waals surface area (Å²) in [6.45, 7) is 9.50. The number of nitrogens with one attached hydrogen (secondary N) is 1. The Kier molecular flexibility index (Phi) is 3.56. The lowest BCUT2D eigenvalue weighted by molar-refractivity contribution is 0.122. The monoisotopic (exact) mass is 269 g/mol. The van der Waals surface area contributed by atoms with E-state index >= 15 is 0 Å². The minimum absolute atomic E-state index is 0.808. The van der Waals surface area contributed by atoms with Crippen LogP contribution < -0.4 is 10.3 Å². The third-order valence-corrected chi connectivity index (χ3v) is 3.61. The van der Waals surface area contributed by atoms with E-state index in [0.717, 1.165) is 43.3 Å². The largest absolute Gasteiger partial charge is 0.378 e. The smallest absolute Gasteiger partial charge is 0.0906 e. The highest BCUT2D eigenvalue weighted by molar-refractivity contribution is 6.09. The zero-order chi connectivity index (χ0) is 13.9. The number of aryl methyl sites for hydroxylation is 1. The molecule has 1 N–H and O–H groups in total. The normalized spacial score (nSPS) is 18.8. The van der Waals surface area contributed by atoms with Gasteiger partial charge >= 0.3 is 0 Å². The maximum absolute atomic E-state index is 5.40. The maximum atomic E-state index is 5.40. The number of allylic oxidation sites excluding steroid dienone is 2. The van der Waals surface area contributed by atoms with E-state index in [4.69, 9.17) is 4.74 Å². The van der Waals surface area contributed by atoms with E-state index < -0.39 is 0 Å². The first-order valence-electron chi connectivity index (χ1n) is 6.88. The van der Waals surface area contributed by atoms with Crippen molar-refractivity contribution >= 4 is 11.4 Å². The molecule has 2 aliphatic rings. The molecule has 1 aromatic carbocycles. The van der Waals surface area contributed by atoms with Crippen LogP contribution in [-0.4, -0.2) is 32.0 Å². The van der Waals surface area contributed by atoms with Gasteiger partial charge in [-0.1, -0.05) is 12.6 Å². The summed E-state index contributed by atoms with van der Waals surface area (Å²) >= 11 is 0. The van der Waals surface area contributed by atoms with E-state index in [9.17, 15) is 0 Å². The van der Waals surface area contributed by atoms with Gasteiger partial charge in [-0.05, 0) is 36.8 Å². The van der Waals surface area contributed by atoms with Crippen molar-refractivity contribution in [3.05, 3.63) is 53.8 Å². The van der Waals surface area contributed by atoms with E-state index in [2.05, 4.69) is 47.1 Å². The van der Waals surface area contributed by atoms with Crippen molar-refractivity contribution in [3.63, 3.8) is 0 Å². The van der Waals surface area contributed by atoms with Crippen LogP contribution in [0.25, 0.3) is 0 Å². The predicted molar refractivity (Wildman–Crippen MR) is 82.2 cm³/mol. The second-order valence-corrected chi connectivity index (χ2v) is 5.07. The predicted octanol–water partition coefficient (Wildman–Crippen LogP) is 2.21. The first-order chi connectivity index (χ1) is 9.74. The van der Waals surface area contributed by atoms with Gasteiger partial charge in [-0.3, -0.25) is 5.43 Å². The number of hydrogen-bond acceptors (Lipinski definition) is 4. The van der Waals surface area contributed by atoms with Crippen LogP contribution in [0, 0.1) is 6.92 Å². The number of benzene rings is 1. The number of rotatable bonds is 2. The summed E-state index contributed by atoms with van der Waals surface area (Å²) in [5, 5.41) is 4.31. The van der Waals surface area contributed by atoms with Crippen molar-refractivity contribution in [3.8, 4) is 0 Å². The zero-order valence-electron chi connectivity index (χ0n) is 11.7. The Morgan fingerprint density at radius 2 is 2.05 bits per heavy atom. The molecule has 0 aromatic heterocycles. The Hall–Kier alpha value is -2.07. The van der Waals surface area contributed by atoms with Crippen LogP contribution in [0.3, 0.4) is 0 Å². The van der Waals surface area contributed by atoms with Crippen LogP contribution in [0.2, 0.25) is 0 Å². The second-order valence-electron chi connectivity index (χ2n) is 5.07. The highest BCUT2D eigenvalue weighted by Crippen LogP contribution is 2.23. The average Bonchev–Trinajstić information content (AvgIpc) is 2.49. The molecule has 0 saturated carbocycles. The summed E-state index contributed by atoms with van der Waals surface area (Å²) in [4.78, 5) is 2.38. The van der Waals surface area contributed by atoms with Crippen molar-refractivity contribution in [1.29, 1.82) is 0 Å². The zero-order valence-corrected chi connectivity index (χ0v) is 11.7. The fourth-order valence-corrected chi connectivity index (χ4v) is 2.52. The molecule has 0 unspecified atom stereocenters. The number of hydrogen-bond donors (Lipinski definition) is 1. The first-order valence-corrected chi connectivity index (χ1v) is 6.88. The van der Waals surface area contributed by atoms with Crippen molar-refractivity contribution in [2.75, 3.05) is 31.2 Å². The van der Waals surface area contributed by atoms with Crippen molar-refractivity contribution < 1.29 is 4.74 Å². The van der Waals surface area contributed by atoms with E-state index in [0.29, 0.717) is 0 Å². The van der Waals surface area contributed by atoms with Gasteiger partial charge in [0.05, 0.1) is 18.9 Å². The lowest BCUT2D eigenvalue weighted by Gasteiger charge is -2.30. The van der Waals surface area contributed by atoms with Crippen LogP contribution in [0.1, 0.15) is 11.1 Å². The summed E-state index contributed by atoms with van der Waals surface area (Å²) < 4.78 is 5.40. The third-order valence-electron chi connectivity index (χ3n) is 3.61. The number of hydrazone groups is 1. The van der Waals surface area contributed by atoms with Gasteiger partial charge in [-0.2, -0.15) is 5.10 Å². The Morgan fingerprint density at radius 1 is 1.25 bits per heavy atom. The average molecular weight is 269 g/mol. The summed E-state index contributed by atoms with van der Waals surface area (Å²) in [6, 6.07) is 6.48. The van der Waals surface area contributed by atoms with Crippen molar-refractivity contribution in [2.45, 2.75) is 6.92 Å². The molecule has 4 nitrogen and oxygen atoms in total. The molecule has 0 bridgehead atoms. The second kappa shape index (κ2) is 5.51. The van der Waals surface area contributed by atoms with Crippen LogP contribution in [0.5, 0.6) is 0 Å². The Bertz CT molecular complexity index is 583. The summed E-state index contributed by atoms with van der Waals surface area (Å²) in [5.41, 5.74) is 8.34. The molecule has 1 fully saturated rings. The molecule has 0 radical (unpaired) electrons. The van der Waals surface area contributed by atoms with Gasteiger partial charge in [0.15, 0.2) is 0 Å². The fraction of sp³-hybridized carbons (Fsp3) is 0.312. The minimum atomic E-state index is 0.808. The van der Waals surface area contributed by atoms with E-state index in [1.54, 1.807) is 0 Å². The van der Waals surface area contributed by atoms with Crippen LogP contribution >= 0.6 is 0 Å². The summed E-state index contributed by atoms with van der Waals surface area (Å²) in [6.07, 6.45) is 3.93. The van der Waals surface area contributed by atoms with Crippen LogP contribution in [0.15, 0.2) is 47.7 Å². The number of anilines is 1. The van der Waals surface area contributed by atoms with Crippen LogP contribution in [0.4, 0.5) is 5.69 Å². The maximum Gasteiger partial charge on any atom is 0.0906 e. The molecule has 3 rings (SSSR count). The van der Waals surface area contributed by atoms with Gasteiger partial charge < -0.3 is 9.64 Å². The van der Waals surface area contributed by atoms with E-state index in [-0.39, 0.29) is 0 Å². The molecule has 4 heteroatoms. The number of ether oxygens (including phenoxy) is 1. The molecule has 0 atom stereocenters. The molecule has 0 amide bonds. The molecule has 104 valence electrons. The molecular weight excluding hydrogens is 250 g/mol.